The number of carbonyl (C=O) groups is 2. The molecule has 1 amide bonds. The first kappa shape index (κ1) is 14.8. The molecule has 0 aliphatic rings. The first-order valence-corrected chi connectivity index (χ1v) is 7.08. The molecule has 3 rings (SSSR count). The molecule has 5 nitrogen and oxygen atoms in total. The highest BCUT2D eigenvalue weighted by Crippen LogP contribution is 2.23. The Labute approximate surface area is 132 Å². The van der Waals surface area contributed by atoms with Crippen LogP contribution in [-0.4, -0.2) is 19.0 Å². The van der Waals surface area contributed by atoms with E-state index >= 15 is 0 Å². The number of esters is 1. The van der Waals surface area contributed by atoms with E-state index in [0.717, 1.165) is 5.39 Å². The van der Waals surface area contributed by atoms with E-state index in [1.54, 1.807) is 37.3 Å². The highest BCUT2D eigenvalue weighted by atomic mass is 16.5. The molecule has 0 fully saturated rings. The van der Waals surface area contributed by atoms with Gasteiger partial charge in [0.25, 0.3) is 5.91 Å². The van der Waals surface area contributed by atoms with Gasteiger partial charge in [-0.25, -0.2) is 4.79 Å². The molecule has 0 atom stereocenters. The van der Waals surface area contributed by atoms with Crippen LogP contribution in [0.4, 0.5) is 5.69 Å². The topological polar surface area (TPSA) is 68.5 Å². The number of ether oxygens (including phenoxy) is 1. The van der Waals surface area contributed by atoms with Crippen LogP contribution < -0.4 is 5.32 Å². The van der Waals surface area contributed by atoms with Crippen LogP contribution in [0.2, 0.25) is 0 Å². The van der Waals surface area contributed by atoms with Gasteiger partial charge in [0, 0.05) is 11.1 Å². The van der Waals surface area contributed by atoms with E-state index in [2.05, 4.69) is 5.32 Å². The second-order valence-corrected chi connectivity index (χ2v) is 5.07. The third-order valence-electron chi connectivity index (χ3n) is 3.64. The van der Waals surface area contributed by atoms with Crippen molar-refractivity contribution in [2.45, 2.75) is 6.92 Å². The Bertz CT molecular complexity index is 862. The summed E-state index contributed by atoms with van der Waals surface area (Å²) in [6.07, 6.45) is 0. The maximum Gasteiger partial charge on any atom is 0.338 e. The van der Waals surface area contributed by atoms with Gasteiger partial charge < -0.3 is 14.5 Å². The molecule has 0 aliphatic heterocycles. The molecular weight excluding hydrogens is 294 g/mol. The number of fused-ring (bicyclic) bond motifs is 1. The van der Waals surface area contributed by atoms with Crippen LogP contribution in [0, 0.1) is 6.92 Å². The number of hydrogen-bond donors (Lipinski definition) is 1. The van der Waals surface area contributed by atoms with E-state index in [1.807, 2.05) is 18.2 Å². The van der Waals surface area contributed by atoms with Gasteiger partial charge in [0.1, 0.15) is 5.58 Å². The minimum atomic E-state index is -0.442. The van der Waals surface area contributed by atoms with E-state index in [9.17, 15) is 9.59 Å². The number of rotatable bonds is 3. The smallest absolute Gasteiger partial charge is 0.338 e. The Balaban J connectivity index is 1.89. The predicted molar refractivity (Wildman–Crippen MR) is 86.7 cm³/mol. The van der Waals surface area contributed by atoms with Crippen LogP contribution in [0.15, 0.2) is 52.9 Å². The maximum atomic E-state index is 12.4. The molecule has 0 unspecified atom stereocenters. The Morgan fingerprint density at radius 3 is 2.61 bits per heavy atom. The summed E-state index contributed by atoms with van der Waals surface area (Å²) in [5, 5.41) is 3.63. The van der Waals surface area contributed by atoms with Crippen LogP contribution in [0.25, 0.3) is 11.0 Å². The minimum absolute atomic E-state index is 0.217. The van der Waals surface area contributed by atoms with Gasteiger partial charge >= 0.3 is 5.97 Å². The summed E-state index contributed by atoms with van der Waals surface area (Å²) in [6.45, 7) is 1.75. The molecular formula is C18H15NO4. The van der Waals surface area contributed by atoms with E-state index in [1.165, 1.54) is 7.11 Å². The molecule has 0 saturated heterocycles. The monoisotopic (exact) mass is 309 g/mol. The van der Waals surface area contributed by atoms with Crippen LogP contribution in [0.3, 0.4) is 0 Å². The van der Waals surface area contributed by atoms with Crippen LogP contribution in [0.5, 0.6) is 0 Å². The van der Waals surface area contributed by atoms with E-state index < -0.39 is 5.97 Å². The number of carbonyl (C=O) groups excluding carboxylic acids is 2. The predicted octanol–water partition coefficient (Wildman–Crippen LogP) is 3.78. The number of amides is 1. The summed E-state index contributed by atoms with van der Waals surface area (Å²) >= 11 is 0. The zero-order valence-corrected chi connectivity index (χ0v) is 12.8. The van der Waals surface area contributed by atoms with Gasteiger partial charge in [-0.1, -0.05) is 24.3 Å². The molecule has 1 aromatic heterocycles. The lowest BCUT2D eigenvalue weighted by atomic mass is 10.1. The van der Waals surface area contributed by atoms with Crippen molar-refractivity contribution in [1.82, 2.24) is 0 Å². The molecule has 23 heavy (non-hydrogen) atoms. The zero-order chi connectivity index (χ0) is 16.4. The SMILES string of the molecule is COC(=O)c1cccc(NC(=O)c2cc3ccccc3o2)c1C. The third kappa shape index (κ3) is 2.81. The van der Waals surface area contributed by atoms with Gasteiger partial charge in [0.15, 0.2) is 5.76 Å². The fourth-order valence-corrected chi connectivity index (χ4v) is 2.38. The molecule has 3 aromatic rings. The van der Waals surface area contributed by atoms with Crippen LogP contribution in [-0.2, 0) is 4.74 Å². The van der Waals surface area contributed by atoms with Gasteiger partial charge in [-0.2, -0.15) is 0 Å². The minimum Gasteiger partial charge on any atom is -0.465 e. The molecule has 0 aliphatic carbocycles. The van der Waals surface area contributed by atoms with Gasteiger partial charge in [-0.05, 0) is 36.8 Å². The lowest BCUT2D eigenvalue weighted by Crippen LogP contribution is -2.13. The van der Waals surface area contributed by atoms with Crippen molar-refractivity contribution in [2.24, 2.45) is 0 Å². The second kappa shape index (κ2) is 5.96. The quantitative estimate of drug-likeness (QED) is 0.748. The molecule has 2 aromatic carbocycles. The van der Waals surface area contributed by atoms with Crippen LogP contribution in [0.1, 0.15) is 26.5 Å². The molecule has 5 heteroatoms. The number of para-hydroxylation sites is 1. The molecule has 0 spiro atoms. The van der Waals surface area contributed by atoms with Gasteiger partial charge in [0.05, 0.1) is 12.7 Å². The van der Waals surface area contributed by atoms with Crippen molar-refractivity contribution in [3.05, 3.63) is 65.4 Å². The van der Waals surface area contributed by atoms with Gasteiger partial charge in [0.2, 0.25) is 0 Å². The average Bonchev–Trinajstić information content (AvgIpc) is 3.00. The van der Waals surface area contributed by atoms with Crippen molar-refractivity contribution in [2.75, 3.05) is 12.4 Å². The Morgan fingerprint density at radius 1 is 1.09 bits per heavy atom. The summed E-state index contributed by atoms with van der Waals surface area (Å²) in [4.78, 5) is 24.1. The summed E-state index contributed by atoms with van der Waals surface area (Å²) in [5.74, 6) is -0.595. The molecule has 0 bridgehead atoms. The molecule has 0 saturated carbocycles. The lowest BCUT2D eigenvalue weighted by molar-refractivity contribution is 0.0599. The Morgan fingerprint density at radius 2 is 1.87 bits per heavy atom. The Hall–Kier alpha value is -3.08. The number of furan rings is 1. The van der Waals surface area contributed by atoms with Crippen molar-refractivity contribution >= 4 is 28.5 Å². The Kier molecular flexibility index (Phi) is 3.85. The van der Waals surface area contributed by atoms with Gasteiger partial charge in [-0.3, -0.25) is 4.79 Å². The summed E-state index contributed by atoms with van der Waals surface area (Å²) in [5.41, 5.74) is 2.25. The number of anilines is 1. The second-order valence-electron chi connectivity index (χ2n) is 5.07. The average molecular weight is 309 g/mol. The first-order chi connectivity index (χ1) is 11.1. The number of benzene rings is 2. The van der Waals surface area contributed by atoms with E-state index in [-0.39, 0.29) is 11.7 Å². The number of hydrogen-bond acceptors (Lipinski definition) is 4. The third-order valence-corrected chi connectivity index (χ3v) is 3.64. The summed E-state index contributed by atoms with van der Waals surface area (Å²) in [7, 11) is 1.32. The standard InChI is InChI=1S/C18H15NO4/c1-11-13(18(21)22-2)7-5-8-14(11)19-17(20)16-10-12-6-3-4-9-15(12)23-16/h3-10H,1-2H3,(H,19,20). The molecule has 116 valence electrons. The molecule has 1 N–H and O–H groups in total. The fourth-order valence-electron chi connectivity index (χ4n) is 2.38. The lowest BCUT2D eigenvalue weighted by Gasteiger charge is -2.10. The van der Waals surface area contributed by atoms with E-state index in [0.29, 0.717) is 22.4 Å². The first-order valence-electron chi connectivity index (χ1n) is 7.08. The van der Waals surface area contributed by atoms with Crippen LogP contribution >= 0.6 is 0 Å². The summed E-state index contributed by atoms with van der Waals surface area (Å²) < 4.78 is 10.3. The van der Waals surface area contributed by atoms with Crippen molar-refractivity contribution in [3.8, 4) is 0 Å². The molecule has 0 radical (unpaired) electrons. The van der Waals surface area contributed by atoms with Gasteiger partial charge in [-0.15, -0.1) is 0 Å². The van der Waals surface area contributed by atoms with Crippen molar-refractivity contribution < 1.29 is 18.7 Å². The van der Waals surface area contributed by atoms with Crippen molar-refractivity contribution in [1.29, 1.82) is 0 Å². The maximum absolute atomic E-state index is 12.4. The number of nitrogens with one attached hydrogen (secondary N) is 1. The summed E-state index contributed by atoms with van der Waals surface area (Å²) in [6, 6.07) is 14.1. The normalized spacial score (nSPS) is 10.5. The fraction of sp³-hybridized carbons (Fsp3) is 0.111. The highest BCUT2D eigenvalue weighted by Gasteiger charge is 2.16. The van der Waals surface area contributed by atoms with E-state index in [4.69, 9.17) is 9.15 Å². The number of methoxy groups -OCH3 is 1. The molecule has 1 heterocycles. The largest absolute Gasteiger partial charge is 0.465 e. The highest BCUT2D eigenvalue weighted by molar-refractivity contribution is 6.05. The van der Waals surface area contributed by atoms with Crippen molar-refractivity contribution in [3.63, 3.8) is 0 Å². The zero-order valence-electron chi connectivity index (χ0n) is 12.8.